The van der Waals surface area contributed by atoms with Crippen LogP contribution in [0.4, 0.5) is 0 Å². The van der Waals surface area contributed by atoms with Gasteiger partial charge in [0.15, 0.2) is 17.6 Å². The van der Waals surface area contributed by atoms with Gasteiger partial charge in [0.05, 0.1) is 20.1 Å². The predicted molar refractivity (Wildman–Crippen MR) is 89.4 cm³/mol. The van der Waals surface area contributed by atoms with Crippen LogP contribution in [0.3, 0.4) is 0 Å². The number of hydrogen-bond acceptors (Lipinski definition) is 5. The van der Waals surface area contributed by atoms with Crippen molar-refractivity contribution in [3.63, 3.8) is 0 Å². The number of esters is 1. The molecule has 0 aliphatic carbocycles. The molecule has 126 valence electrons. The van der Waals surface area contributed by atoms with Crippen molar-refractivity contribution < 1.29 is 23.8 Å². The van der Waals surface area contributed by atoms with E-state index in [-0.39, 0.29) is 18.8 Å². The first-order chi connectivity index (χ1) is 11.6. The molecule has 0 bridgehead atoms. The lowest BCUT2D eigenvalue weighted by atomic mass is 10.1. The summed E-state index contributed by atoms with van der Waals surface area (Å²) in [6, 6.07) is 15.9. The molecule has 0 spiro atoms. The molecule has 2 aromatic rings. The molecule has 0 heterocycles. The highest BCUT2D eigenvalue weighted by molar-refractivity contribution is 6.00. The maximum absolute atomic E-state index is 12.1. The minimum absolute atomic E-state index is 0.0461. The Kier molecular flexibility index (Phi) is 6.37. The van der Waals surface area contributed by atoms with Crippen molar-refractivity contribution >= 4 is 11.8 Å². The number of Topliss-reactive ketones (excluding diaryl/α,β-unsaturated/α-hetero) is 1. The van der Waals surface area contributed by atoms with Crippen LogP contribution in [0.5, 0.6) is 11.5 Å². The van der Waals surface area contributed by atoms with E-state index < -0.39 is 12.1 Å². The van der Waals surface area contributed by atoms with E-state index in [2.05, 4.69) is 0 Å². The van der Waals surface area contributed by atoms with Gasteiger partial charge in [0.25, 0.3) is 0 Å². The molecule has 2 aromatic carbocycles. The van der Waals surface area contributed by atoms with E-state index in [0.717, 1.165) is 0 Å². The summed E-state index contributed by atoms with van der Waals surface area (Å²) < 4.78 is 15.8. The minimum atomic E-state index is -0.828. The van der Waals surface area contributed by atoms with Crippen molar-refractivity contribution in [2.24, 2.45) is 0 Å². The molecular formula is C19H20O5. The minimum Gasteiger partial charge on any atom is -0.493 e. The fraction of sp³-hybridized carbons (Fsp3) is 0.263. The third-order valence-electron chi connectivity index (χ3n) is 3.37. The maximum atomic E-state index is 12.1. The number of ether oxygens (including phenoxy) is 3. The first-order valence-corrected chi connectivity index (χ1v) is 7.66. The van der Waals surface area contributed by atoms with Gasteiger partial charge in [-0.2, -0.15) is 0 Å². The summed E-state index contributed by atoms with van der Waals surface area (Å²) >= 11 is 0. The highest BCUT2D eigenvalue weighted by Crippen LogP contribution is 2.25. The molecule has 0 radical (unpaired) electrons. The van der Waals surface area contributed by atoms with Gasteiger partial charge in [0.2, 0.25) is 5.78 Å². The SMILES string of the molecule is COc1ccccc1OCCC(=O)OC(C)C(=O)c1ccccc1. The zero-order chi connectivity index (χ0) is 17.4. The van der Waals surface area contributed by atoms with Crippen LogP contribution in [-0.4, -0.2) is 31.6 Å². The molecule has 0 aromatic heterocycles. The topological polar surface area (TPSA) is 61.8 Å². The lowest BCUT2D eigenvalue weighted by Crippen LogP contribution is -2.25. The lowest BCUT2D eigenvalue weighted by molar-refractivity contribution is -0.146. The summed E-state index contributed by atoms with van der Waals surface area (Å²) in [5.41, 5.74) is 0.517. The number of carbonyl (C=O) groups is 2. The number of carbonyl (C=O) groups excluding carboxylic acids is 2. The quantitative estimate of drug-likeness (QED) is 0.550. The smallest absolute Gasteiger partial charge is 0.309 e. The van der Waals surface area contributed by atoms with Gasteiger partial charge in [-0.15, -0.1) is 0 Å². The highest BCUT2D eigenvalue weighted by atomic mass is 16.6. The normalized spacial score (nSPS) is 11.4. The number of ketones is 1. The summed E-state index contributed by atoms with van der Waals surface area (Å²) in [6.07, 6.45) is -0.782. The lowest BCUT2D eigenvalue weighted by Gasteiger charge is -2.13. The molecule has 0 fully saturated rings. The van der Waals surface area contributed by atoms with Gasteiger partial charge in [0.1, 0.15) is 0 Å². The fourth-order valence-corrected chi connectivity index (χ4v) is 2.13. The predicted octanol–water partition coefficient (Wildman–Crippen LogP) is 3.28. The molecule has 0 aliphatic heterocycles. The van der Waals surface area contributed by atoms with Gasteiger partial charge in [-0.05, 0) is 19.1 Å². The van der Waals surface area contributed by atoms with E-state index in [1.807, 2.05) is 18.2 Å². The summed E-state index contributed by atoms with van der Waals surface area (Å²) in [4.78, 5) is 24.0. The van der Waals surface area contributed by atoms with Crippen LogP contribution in [0.25, 0.3) is 0 Å². The van der Waals surface area contributed by atoms with E-state index >= 15 is 0 Å². The molecule has 2 rings (SSSR count). The third-order valence-corrected chi connectivity index (χ3v) is 3.37. The number of methoxy groups -OCH3 is 1. The van der Waals surface area contributed by atoms with Crippen LogP contribution < -0.4 is 9.47 Å². The zero-order valence-electron chi connectivity index (χ0n) is 13.7. The Bertz CT molecular complexity index is 681. The fourth-order valence-electron chi connectivity index (χ4n) is 2.13. The molecule has 5 heteroatoms. The first kappa shape index (κ1) is 17.5. The summed E-state index contributed by atoms with van der Waals surface area (Å²) in [7, 11) is 1.55. The van der Waals surface area contributed by atoms with Gasteiger partial charge in [-0.1, -0.05) is 42.5 Å². The number of hydrogen-bond donors (Lipinski definition) is 0. The van der Waals surface area contributed by atoms with E-state index in [4.69, 9.17) is 14.2 Å². The Morgan fingerprint density at radius 2 is 1.58 bits per heavy atom. The van der Waals surface area contributed by atoms with Crippen LogP contribution in [0.2, 0.25) is 0 Å². The van der Waals surface area contributed by atoms with Crippen molar-refractivity contribution in [1.82, 2.24) is 0 Å². The van der Waals surface area contributed by atoms with Crippen molar-refractivity contribution in [3.05, 3.63) is 60.2 Å². The maximum Gasteiger partial charge on any atom is 0.309 e. The second-order valence-corrected chi connectivity index (χ2v) is 5.11. The van der Waals surface area contributed by atoms with Crippen LogP contribution in [0.1, 0.15) is 23.7 Å². The molecule has 0 saturated heterocycles. The van der Waals surface area contributed by atoms with Crippen LogP contribution in [-0.2, 0) is 9.53 Å². The molecule has 0 saturated carbocycles. The summed E-state index contributed by atoms with van der Waals surface area (Å²) in [6.45, 7) is 1.71. The van der Waals surface area contributed by atoms with E-state index in [0.29, 0.717) is 17.1 Å². The van der Waals surface area contributed by atoms with Crippen molar-refractivity contribution in [2.75, 3.05) is 13.7 Å². The van der Waals surface area contributed by atoms with E-state index in [9.17, 15) is 9.59 Å². The molecule has 24 heavy (non-hydrogen) atoms. The zero-order valence-corrected chi connectivity index (χ0v) is 13.7. The Balaban J connectivity index is 1.80. The average Bonchev–Trinajstić information content (AvgIpc) is 2.62. The summed E-state index contributed by atoms with van der Waals surface area (Å²) in [5.74, 6) is 0.441. The van der Waals surface area contributed by atoms with Crippen molar-refractivity contribution in [2.45, 2.75) is 19.4 Å². The van der Waals surface area contributed by atoms with Crippen molar-refractivity contribution in [3.8, 4) is 11.5 Å². The molecule has 1 atom stereocenters. The number of para-hydroxylation sites is 2. The van der Waals surface area contributed by atoms with E-state index in [1.165, 1.54) is 0 Å². The molecule has 1 unspecified atom stereocenters. The van der Waals surface area contributed by atoms with Crippen molar-refractivity contribution in [1.29, 1.82) is 0 Å². The summed E-state index contributed by atoms with van der Waals surface area (Å²) in [5, 5.41) is 0. The Hall–Kier alpha value is -2.82. The standard InChI is InChI=1S/C19H20O5/c1-14(19(21)15-8-4-3-5-9-15)24-18(20)12-13-23-17-11-7-6-10-16(17)22-2/h3-11,14H,12-13H2,1-2H3. The second-order valence-electron chi connectivity index (χ2n) is 5.11. The van der Waals surface area contributed by atoms with Gasteiger partial charge < -0.3 is 14.2 Å². The second kappa shape index (κ2) is 8.72. The van der Waals surface area contributed by atoms with Gasteiger partial charge >= 0.3 is 5.97 Å². The number of benzene rings is 2. The average molecular weight is 328 g/mol. The van der Waals surface area contributed by atoms with Crippen LogP contribution >= 0.6 is 0 Å². The first-order valence-electron chi connectivity index (χ1n) is 7.66. The Labute approximate surface area is 141 Å². The Morgan fingerprint density at radius 3 is 2.25 bits per heavy atom. The van der Waals surface area contributed by atoms with Gasteiger partial charge in [-0.25, -0.2) is 0 Å². The third kappa shape index (κ3) is 4.84. The van der Waals surface area contributed by atoms with E-state index in [1.54, 1.807) is 50.4 Å². The van der Waals surface area contributed by atoms with Crippen LogP contribution in [0, 0.1) is 0 Å². The number of rotatable bonds is 8. The highest BCUT2D eigenvalue weighted by Gasteiger charge is 2.19. The van der Waals surface area contributed by atoms with Gasteiger partial charge in [-0.3, -0.25) is 9.59 Å². The molecule has 0 amide bonds. The largest absolute Gasteiger partial charge is 0.493 e. The molecule has 0 aliphatic rings. The Morgan fingerprint density at radius 1 is 0.958 bits per heavy atom. The van der Waals surface area contributed by atoms with Gasteiger partial charge in [0, 0.05) is 5.56 Å². The molecular weight excluding hydrogens is 308 g/mol. The van der Waals surface area contributed by atoms with Crippen LogP contribution in [0.15, 0.2) is 54.6 Å². The molecule has 0 N–H and O–H groups in total. The molecule has 5 nitrogen and oxygen atoms in total. The monoisotopic (exact) mass is 328 g/mol.